The summed E-state index contributed by atoms with van der Waals surface area (Å²) in [4.78, 5) is 26.9. The molecule has 1 aromatic heterocycles. The Hall–Kier alpha value is -1.65. The molecule has 1 saturated carbocycles. The summed E-state index contributed by atoms with van der Waals surface area (Å²) in [5.74, 6) is 0.495. The first-order valence-corrected chi connectivity index (χ1v) is 5.45. The van der Waals surface area contributed by atoms with Crippen LogP contribution in [-0.4, -0.2) is 23.2 Å². The first-order valence-electron chi connectivity index (χ1n) is 5.45. The summed E-state index contributed by atoms with van der Waals surface area (Å²) in [5, 5.41) is 2.57. The lowest BCUT2D eigenvalue weighted by molar-refractivity contribution is -0.119. The smallest absolute Gasteiger partial charge is 0.273 e. The van der Waals surface area contributed by atoms with Crippen molar-refractivity contribution in [1.29, 1.82) is 0 Å². The van der Waals surface area contributed by atoms with Gasteiger partial charge in [0.2, 0.25) is 0 Å². The fraction of sp³-hybridized carbons (Fsp3) is 0.545. The predicted octanol–water partition coefficient (Wildman–Crippen LogP) is 0.946. The van der Waals surface area contributed by atoms with Gasteiger partial charge in [-0.25, -0.2) is 4.98 Å². The van der Waals surface area contributed by atoms with Gasteiger partial charge in [-0.2, -0.15) is 0 Å². The van der Waals surface area contributed by atoms with Gasteiger partial charge in [0.15, 0.2) is 17.9 Å². The van der Waals surface area contributed by atoms with E-state index in [0.717, 1.165) is 12.8 Å². The van der Waals surface area contributed by atoms with E-state index in [2.05, 4.69) is 10.3 Å². The number of nitrogens with zero attached hydrogens (tertiary/aromatic N) is 1. The molecule has 1 aliphatic rings. The number of rotatable bonds is 5. The molecule has 5 nitrogen and oxygen atoms in total. The van der Waals surface area contributed by atoms with Crippen LogP contribution in [0.2, 0.25) is 0 Å². The second-order valence-electron chi connectivity index (χ2n) is 3.90. The minimum atomic E-state index is -0.334. The molecule has 0 radical (unpaired) electrons. The molecule has 16 heavy (non-hydrogen) atoms. The molecule has 86 valence electrons. The van der Waals surface area contributed by atoms with Gasteiger partial charge in [0, 0.05) is 12.3 Å². The van der Waals surface area contributed by atoms with Crippen LogP contribution >= 0.6 is 0 Å². The van der Waals surface area contributed by atoms with Crippen molar-refractivity contribution in [3.05, 3.63) is 17.8 Å². The molecule has 0 aliphatic heterocycles. The van der Waals surface area contributed by atoms with Gasteiger partial charge in [-0.05, 0) is 12.8 Å². The summed E-state index contributed by atoms with van der Waals surface area (Å²) in [7, 11) is 0. The molecular formula is C11H14N2O3. The molecule has 0 spiro atoms. The third-order valence-electron chi connectivity index (χ3n) is 2.63. The molecule has 0 unspecified atom stereocenters. The first-order chi connectivity index (χ1) is 7.72. The van der Waals surface area contributed by atoms with Gasteiger partial charge < -0.3 is 9.73 Å². The van der Waals surface area contributed by atoms with E-state index in [9.17, 15) is 9.59 Å². The monoisotopic (exact) mass is 222 g/mol. The van der Waals surface area contributed by atoms with E-state index >= 15 is 0 Å². The van der Waals surface area contributed by atoms with Gasteiger partial charge >= 0.3 is 0 Å². The number of Topliss-reactive ketones (excluding diaryl/α,β-unsaturated/α-hetero) is 1. The van der Waals surface area contributed by atoms with E-state index in [4.69, 9.17) is 4.42 Å². The van der Waals surface area contributed by atoms with Crippen molar-refractivity contribution in [2.24, 2.45) is 5.92 Å². The number of carbonyl (C=O) groups is 2. The van der Waals surface area contributed by atoms with Gasteiger partial charge in [0.25, 0.3) is 5.91 Å². The quantitative estimate of drug-likeness (QED) is 0.804. The van der Waals surface area contributed by atoms with Crippen molar-refractivity contribution in [2.75, 3.05) is 6.54 Å². The molecule has 0 atom stereocenters. The maximum atomic E-state index is 11.6. The Labute approximate surface area is 93.2 Å². The molecule has 0 bridgehead atoms. The van der Waals surface area contributed by atoms with Gasteiger partial charge in [0.05, 0.1) is 6.54 Å². The van der Waals surface area contributed by atoms with Gasteiger partial charge in [-0.15, -0.1) is 0 Å². The topological polar surface area (TPSA) is 72.2 Å². The highest BCUT2D eigenvalue weighted by Gasteiger charge is 2.29. The molecular weight excluding hydrogens is 208 g/mol. The number of nitrogens with one attached hydrogen (secondary N) is 1. The second-order valence-corrected chi connectivity index (χ2v) is 3.90. The largest absolute Gasteiger partial charge is 0.448 e. The van der Waals surface area contributed by atoms with Crippen LogP contribution in [0.1, 0.15) is 36.0 Å². The van der Waals surface area contributed by atoms with E-state index in [-0.39, 0.29) is 29.8 Å². The summed E-state index contributed by atoms with van der Waals surface area (Å²) < 4.78 is 5.04. The number of carbonyl (C=O) groups excluding carboxylic acids is 2. The van der Waals surface area contributed by atoms with Crippen LogP contribution in [0.15, 0.2) is 10.8 Å². The third-order valence-corrected chi connectivity index (χ3v) is 2.63. The average Bonchev–Trinajstić information content (AvgIpc) is 3.03. The highest BCUT2D eigenvalue weighted by atomic mass is 16.3. The SMILES string of the molecule is CCc1ocnc1C(=O)NCC(=O)C1CC1. The molecule has 1 N–H and O–H groups in total. The highest BCUT2D eigenvalue weighted by Crippen LogP contribution is 2.29. The molecule has 0 aromatic carbocycles. The summed E-state index contributed by atoms with van der Waals surface area (Å²) in [6.07, 6.45) is 3.77. The van der Waals surface area contributed by atoms with E-state index in [1.165, 1.54) is 6.39 Å². The van der Waals surface area contributed by atoms with Crippen LogP contribution in [0.25, 0.3) is 0 Å². The van der Waals surface area contributed by atoms with Crippen molar-refractivity contribution >= 4 is 11.7 Å². The second kappa shape index (κ2) is 4.47. The van der Waals surface area contributed by atoms with E-state index in [1.807, 2.05) is 6.92 Å². The lowest BCUT2D eigenvalue weighted by Gasteiger charge is -2.02. The Morgan fingerprint density at radius 2 is 2.31 bits per heavy atom. The lowest BCUT2D eigenvalue weighted by Crippen LogP contribution is -2.31. The minimum Gasteiger partial charge on any atom is -0.448 e. The van der Waals surface area contributed by atoms with Crippen molar-refractivity contribution in [3.8, 4) is 0 Å². The maximum absolute atomic E-state index is 11.6. The van der Waals surface area contributed by atoms with Gasteiger partial charge in [-0.1, -0.05) is 6.92 Å². The lowest BCUT2D eigenvalue weighted by atomic mass is 10.2. The van der Waals surface area contributed by atoms with Crippen LogP contribution in [-0.2, 0) is 11.2 Å². The van der Waals surface area contributed by atoms with Crippen LogP contribution < -0.4 is 5.32 Å². The fourth-order valence-corrected chi connectivity index (χ4v) is 1.51. The van der Waals surface area contributed by atoms with E-state index in [0.29, 0.717) is 12.2 Å². The zero-order valence-corrected chi connectivity index (χ0v) is 9.16. The number of hydrogen-bond donors (Lipinski definition) is 1. The molecule has 0 saturated heterocycles. The zero-order chi connectivity index (χ0) is 11.5. The average molecular weight is 222 g/mol. The molecule has 1 aromatic rings. The highest BCUT2D eigenvalue weighted by molar-refractivity contribution is 5.96. The minimum absolute atomic E-state index is 0.0967. The molecule has 2 rings (SSSR count). The molecule has 5 heteroatoms. The number of aromatic nitrogens is 1. The van der Waals surface area contributed by atoms with Crippen molar-refractivity contribution in [3.63, 3.8) is 0 Å². The van der Waals surface area contributed by atoms with Crippen molar-refractivity contribution in [1.82, 2.24) is 10.3 Å². The molecule has 1 heterocycles. The van der Waals surface area contributed by atoms with Crippen LogP contribution in [0.4, 0.5) is 0 Å². The summed E-state index contributed by atoms with van der Waals surface area (Å²) in [6, 6.07) is 0. The maximum Gasteiger partial charge on any atom is 0.273 e. The third kappa shape index (κ3) is 2.29. The molecule has 1 aliphatic carbocycles. The first kappa shape index (κ1) is 10.9. The van der Waals surface area contributed by atoms with Gasteiger partial charge in [-0.3, -0.25) is 9.59 Å². The van der Waals surface area contributed by atoms with Crippen LogP contribution in [0.3, 0.4) is 0 Å². The number of oxazole rings is 1. The molecule has 1 fully saturated rings. The Bertz CT molecular complexity index is 407. The van der Waals surface area contributed by atoms with E-state index < -0.39 is 0 Å². The predicted molar refractivity (Wildman–Crippen MR) is 55.9 cm³/mol. The standard InChI is InChI=1S/C11H14N2O3/c1-2-9-10(13-6-16-9)11(15)12-5-8(14)7-3-4-7/h6-7H,2-5H2,1H3,(H,12,15). The Morgan fingerprint density at radius 1 is 1.56 bits per heavy atom. The Morgan fingerprint density at radius 3 is 2.94 bits per heavy atom. The summed E-state index contributed by atoms with van der Waals surface area (Å²) in [6.45, 7) is 1.98. The fourth-order valence-electron chi connectivity index (χ4n) is 1.51. The number of amides is 1. The molecule has 1 amide bonds. The summed E-state index contributed by atoms with van der Waals surface area (Å²) in [5.41, 5.74) is 0.283. The van der Waals surface area contributed by atoms with Gasteiger partial charge in [0.1, 0.15) is 5.76 Å². The number of ketones is 1. The van der Waals surface area contributed by atoms with E-state index in [1.54, 1.807) is 0 Å². The Kier molecular flexibility index (Phi) is 3.03. The zero-order valence-electron chi connectivity index (χ0n) is 9.16. The normalized spacial score (nSPS) is 14.8. The number of aryl methyl sites for hydroxylation is 1. The Balaban J connectivity index is 1.89. The van der Waals surface area contributed by atoms with Crippen molar-refractivity contribution < 1.29 is 14.0 Å². The van der Waals surface area contributed by atoms with Crippen LogP contribution in [0, 0.1) is 5.92 Å². The summed E-state index contributed by atoms with van der Waals surface area (Å²) >= 11 is 0. The van der Waals surface area contributed by atoms with Crippen molar-refractivity contribution in [2.45, 2.75) is 26.2 Å². The van der Waals surface area contributed by atoms with Crippen LogP contribution in [0.5, 0.6) is 0 Å². The number of hydrogen-bond acceptors (Lipinski definition) is 4.